The van der Waals surface area contributed by atoms with Crippen molar-refractivity contribution < 1.29 is 18.3 Å². The van der Waals surface area contributed by atoms with E-state index >= 15 is 0 Å². The predicted octanol–water partition coefficient (Wildman–Crippen LogP) is 5.04. The monoisotopic (exact) mass is 450 g/mol. The molecule has 1 amide bonds. The van der Waals surface area contributed by atoms with Gasteiger partial charge >= 0.3 is 0 Å². The molecule has 33 heavy (non-hydrogen) atoms. The lowest BCUT2D eigenvalue weighted by molar-refractivity contribution is -0.115. The van der Waals surface area contributed by atoms with Crippen LogP contribution in [0.25, 0.3) is 11.1 Å². The minimum absolute atomic E-state index is 0.107. The Morgan fingerprint density at radius 3 is 2.58 bits per heavy atom. The van der Waals surface area contributed by atoms with E-state index in [4.69, 9.17) is 4.74 Å². The molecule has 0 fully saturated rings. The van der Waals surface area contributed by atoms with Gasteiger partial charge in [-0.3, -0.25) is 14.8 Å². The van der Waals surface area contributed by atoms with Gasteiger partial charge in [-0.15, -0.1) is 0 Å². The normalized spacial score (nSPS) is 12.8. The molecule has 1 aliphatic rings. The van der Waals surface area contributed by atoms with Gasteiger partial charge in [-0.2, -0.15) is 0 Å². The van der Waals surface area contributed by atoms with Crippen LogP contribution in [0.1, 0.15) is 41.9 Å². The zero-order valence-electron chi connectivity index (χ0n) is 18.7. The lowest BCUT2D eigenvalue weighted by atomic mass is 10.0. The fourth-order valence-electron chi connectivity index (χ4n) is 3.71. The zero-order chi connectivity index (χ0) is 23.6. The van der Waals surface area contributed by atoms with Crippen LogP contribution in [0.3, 0.4) is 0 Å². The number of rotatable bonds is 6. The quantitative estimate of drug-likeness (QED) is 0.571. The average Bonchev–Trinajstić information content (AvgIpc) is 3.17. The summed E-state index contributed by atoms with van der Waals surface area (Å²) in [5.41, 5.74) is 4.75. The third-order valence-corrected chi connectivity index (χ3v) is 5.35. The molecule has 1 aliphatic heterocycles. The third kappa shape index (κ3) is 5.05. The highest BCUT2D eigenvalue weighted by Crippen LogP contribution is 2.30. The van der Waals surface area contributed by atoms with Gasteiger partial charge in [0.1, 0.15) is 0 Å². The van der Waals surface area contributed by atoms with Gasteiger partial charge in [-0.1, -0.05) is 24.3 Å². The van der Waals surface area contributed by atoms with Crippen molar-refractivity contribution in [1.29, 1.82) is 0 Å². The first-order valence-corrected chi connectivity index (χ1v) is 10.6. The molecule has 0 radical (unpaired) electrons. The van der Waals surface area contributed by atoms with Crippen LogP contribution in [0.4, 0.5) is 14.5 Å². The first-order chi connectivity index (χ1) is 15.7. The Balaban J connectivity index is 1.44. The summed E-state index contributed by atoms with van der Waals surface area (Å²) in [6.07, 6.45) is 3.29. The van der Waals surface area contributed by atoms with E-state index in [0.717, 1.165) is 34.9 Å². The Morgan fingerprint density at radius 2 is 1.88 bits per heavy atom. The SMILES string of the molecule is CCOC1=NCc2ncc(-c3ccc(CC(=O)Nc4cnc(C)c(C(C)(F)F)c4)cc3)cc21. The molecule has 0 aliphatic carbocycles. The number of nitrogens with one attached hydrogen (secondary N) is 1. The van der Waals surface area contributed by atoms with E-state index in [1.54, 1.807) is 6.20 Å². The van der Waals surface area contributed by atoms with Crippen LogP contribution < -0.4 is 5.32 Å². The van der Waals surface area contributed by atoms with Crippen LogP contribution in [-0.4, -0.2) is 28.4 Å². The van der Waals surface area contributed by atoms with E-state index in [-0.39, 0.29) is 29.3 Å². The summed E-state index contributed by atoms with van der Waals surface area (Å²) in [5.74, 6) is -2.73. The van der Waals surface area contributed by atoms with Gasteiger partial charge in [0.15, 0.2) is 0 Å². The largest absolute Gasteiger partial charge is 0.478 e. The Kier molecular flexibility index (Phi) is 6.18. The van der Waals surface area contributed by atoms with Crippen molar-refractivity contribution in [1.82, 2.24) is 9.97 Å². The summed E-state index contributed by atoms with van der Waals surface area (Å²) < 4.78 is 33.0. The lowest BCUT2D eigenvalue weighted by Crippen LogP contribution is -2.16. The van der Waals surface area contributed by atoms with Crippen molar-refractivity contribution in [3.63, 3.8) is 0 Å². The van der Waals surface area contributed by atoms with Gasteiger partial charge < -0.3 is 10.1 Å². The minimum Gasteiger partial charge on any atom is -0.478 e. The molecular weight excluding hydrogens is 426 g/mol. The number of hydrogen-bond acceptors (Lipinski definition) is 5. The van der Waals surface area contributed by atoms with Gasteiger partial charge in [0, 0.05) is 29.9 Å². The van der Waals surface area contributed by atoms with Crippen molar-refractivity contribution in [3.05, 3.63) is 76.9 Å². The Bertz CT molecular complexity index is 1220. The van der Waals surface area contributed by atoms with E-state index in [9.17, 15) is 13.6 Å². The number of amides is 1. The van der Waals surface area contributed by atoms with E-state index in [0.29, 0.717) is 19.0 Å². The molecule has 0 bridgehead atoms. The molecular formula is C25H24F2N4O2. The summed E-state index contributed by atoms with van der Waals surface area (Å²) in [6.45, 7) is 5.30. The number of aryl methyl sites for hydroxylation is 1. The number of alkyl halides is 2. The van der Waals surface area contributed by atoms with Gasteiger partial charge in [0.2, 0.25) is 11.8 Å². The number of anilines is 1. The minimum atomic E-state index is -3.03. The number of carbonyl (C=O) groups excluding carboxylic acids is 1. The first-order valence-electron chi connectivity index (χ1n) is 10.6. The molecule has 0 unspecified atom stereocenters. The third-order valence-electron chi connectivity index (χ3n) is 5.35. The molecule has 3 heterocycles. The number of carbonyl (C=O) groups is 1. The van der Waals surface area contributed by atoms with Crippen LogP contribution in [-0.2, 0) is 28.4 Å². The first kappa shape index (κ1) is 22.5. The topological polar surface area (TPSA) is 76.5 Å². The Morgan fingerprint density at radius 1 is 1.12 bits per heavy atom. The number of benzene rings is 1. The fourth-order valence-corrected chi connectivity index (χ4v) is 3.71. The summed E-state index contributed by atoms with van der Waals surface area (Å²) in [6, 6.07) is 10.8. The molecule has 8 heteroatoms. The van der Waals surface area contributed by atoms with Crippen molar-refractivity contribution in [3.8, 4) is 11.1 Å². The van der Waals surface area contributed by atoms with Crippen molar-refractivity contribution >= 4 is 17.5 Å². The predicted molar refractivity (Wildman–Crippen MR) is 122 cm³/mol. The van der Waals surface area contributed by atoms with Gasteiger partial charge in [-0.05, 0) is 37.1 Å². The number of ether oxygens (including phenoxy) is 1. The highest BCUT2D eigenvalue weighted by molar-refractivity contribution is 5.98. The number of halogens is 2. The highest BCUT2D eigenvalue weighted by atomic mass is 19.3. The summed E-state index contributed by atoms with van der Waals surface area (Å²) in [7, 11) is 0. The van der Waals surface area contributed by atoms with E-state index < -0.39 is 5.92 Å². The van der Waals surface area contributed by atoms with Gasteiger partial charge in [-0.25, -0.2) is 13.8 Å². The highest BCUT2D eigenvalue weighted by Gasteiger charge is 2.27. The van der Waals surface area contributed by atoms with E-state index in [1.807, 2.05) is 37.3 Å². The Hall–Kier alpha value is -3.68. The number of fused-ring (bicyclic) bond motifs is 1. The van der Waals surface area contributed by atoms with Crippen molar-refractivity contribution in [2.24, 2.45) is 4.99 Å². The van der Waals surface area contributed by atoms with E-state index in [2.05, 4.69) is 20.3 Å². The maximum Gasteiger partial charge on any atom is 0.272 e. The molecule has 0 atom stereocenters. The smallest absolute Gasteiger partial charge is 0.272 e. The van der Waals surface area contributed by atoms with E-state index in [1.165, 1.54) is 19.2 Å². The lowest BCUT2D eigenvalue weighted by Gasteiger charge is -2.15. The van der Waals surface area contributed by atoms with Gasteiger partial charge in [0.05, 0.1) is 42.7 Å². The number of pyridine rings is 2. The number of hydrogen-bond donors (Lipinski definition) is 1. The van der Waals surface area contributed by atoms with Crippen LogP contribution in [0.2, 0.25) is 0 Å². The van der Waals surface area contributed by atoms with Crippen LogP contribution in [0.15, 0.2) is 53.8 Å². The maximum atomic E-state index is 13.7. The van der Waals surface area contributed by atoms with Crippen LogP contribution in [0, 0.1) is 6.92 Å². The summed E-state index contributed by atoms with van der Waals surface area (Å²) in [4.78, 5) is 25.3. The molecule has 0 saturated heterocycles. The van der Waals surface area contributed by atoms with Gasteiger partial charge in [0.25, 0.3) is 5.92 Å². The second-order valence-electron chi connectivity index (χ2n) is 7.94. The molecule has 0 spiro atoms. The molecule has 3 aromatic rings. The number of nitrogens with zero attached hydrogens (tertiary/aromatic N) is 3. The summed E-state index contributed by atoms with van der Waals surface area (Å²) >= 11 is 0. The molecule has 2 aromatic heterocycles. The maximum absolute atomic E-state index is 13.7. The summed E-state index contributed by atoms with van der Waals surface area (Å²) in [5, 5.41) is 2.65. The average molecular weight is 450 g/mol. The Labute approximate surface area is 190 Å². The molecule has 170 valence electrons. The van der Waals surface area contributed by atoms with Crippen LogP contribution in [0.5, 0.6) is 0 Å². The molecule has 4 rings (SSSR count). The molecule has 1 N–H and O–H groups in total. The van der Waals surface area contributed by atoms with Crippen molar-refractivity contribution in [2.45, 2.75) is 39.7 Å². The fraction of sp³-hybridized carbons (Fsp3) is 0.280. The standard InChI is InChI=1S/C25H24F2N4O2/c1-4-33-24-20-10-18(12-29-22(20)14-30-24)17-7-5-16(6-8-17)9-23(32)31-19-11-21(25(3,26)27)15(2)28-13-19/h5-8,10-13H,4,9,14H2,1-3H3,(H,31,32). The van der Waals surface area contributed by atoms with Crippen molar-refractivity contribution in [2.75, 3.05) is 11.9 Å². The number of aliphatic imine (C=N–C) groups is 1. The zero-order valence-corrected chi connectivity index (χ0v) is 18.7. The van der Waals surface area contributed by atoms with Crippen LogP contribution >= 0.6 is 0 Å². The second kappa shape index (κ2) is 9.05. The molecule has 0 saturated carbocycles. The molecule has 6 nitrogen and oxygen atoms in total. The molecule has 1 aromatic carbocycles. The number of aromatic nitrogens is 2. The second-order valence-corrected chi connectivity index (χ2v) is 7.94.